The van der Waals surface area contributed by atoms with Crippen LogP contribution in [0.5, 0.6) is 5.75 Å². The van der Waals surface area contributed by atoms with Gasteiger partial charge in [-0.25, -0.2) is 0 Å². The maximum Gasteiger partial charge on any atom is 0.251 e. The van der Waals surface area contributed by atoms with Crippen molar-refractivity contribution in [2.75, 3.05) is 19.8 Å². The third-order valence-corrected chi connectivity index (χ3v) is 2.88. The maximum absolute atomic E-state index is 11.0. The van der Waals surface area contributed by atoms with E-state index in [2.05, 4.69) is 4.98 Å². The summed E-state index contributed by atoms with van der Waals surface area (Å²) >= 11 is 0. The summed E-state index contributed by atoms with van der Waals surface area (Å²) < 4.78 is 10.8. The number of hydrogen-bond acceptors (Lipinski definition) is 3. The van der Waals surface area contributed by atoms with Crippen LogP contribution in [0.3, 0.4) is 0 Å². The fraction of sp³-hybridized carbons (Fsp3) is 0.583. The van der Waals surface area contributed by atoms with Crippen molar-refractivity contribution in [2.24, 2.45) is 5.92 Å². The fourth-order valence-corrected chi connectivity index (χ4v) is 1.89. The second kappa shape index (κ2) is 5.70. The zero-order valence-electron chi connectivity index (χ0n) is 9.28. The lowest BCUT2D eigenvalue weighted by Crippen LogP contribution is -2.18. The second-order valence-electron chi connectivity index (χ2n) is 4.08. The summed E-state index contributed by atoms with van der Waals surface area (Å²) in [5, 5.41) is 0. The average Bonchev–Trinajstić information content (AvgIpc) is 2.30. The Labute approximate surface area is 94.6 Å². The van der Waals surface area contributed by atoms with Crippen LogP contribution in [0.15, 0.2) is 23.1 Å². The molecule has 1 aliphatic heterocycles. The molecule has 88 valence electrons. The number of aromatic nitrogens is 1. The van der Waals surface area contributed by atoms with Gasteiger partial charge >= 0.3 is 0 Å². The van der Waals surface area contributed by atoms with Gasteiger partial charge in [-0.2, -0.15) is 0 Å². The lowest BCUT2D eigenvalue weighted by molar-refractivity contribution is 0.0593. The zero-order valence-corrected chi connectivity index (χ0v) is 9.28. The third-order valence-electron chi connectivity index (χ3n) is 2.88. The molecule has 0 spiro atoms. The van der Waals surface area contributed by atoms with Crippen molar-refractivity contribution >= 4 is 0 Å². The highest BCUT2D eigenvalue weighted by molar-refractivity contribution is 5.16. The number of rotatable bonds is 4. The number of aromatic amines is 1. The summed E-state index contributed by atoms with van der Waals surface area (Å²) in [6.45, 7) is 2.42. The van der Waals surface area contributed by atoms with Crippen LogP contribution in [-0.2, 0) is 4.74 Å². The quantitative estimate of drug-likeness (QED) is 0.843. The normalized spacial score (nSPS) is 17.2. The molecule has 16 heavy (non-hydrogen) atoms. The second-order valence-corrected chi connectivity index (χ2v) is 4.08. The molecule has 0 bridgehead atoms. The molecule has 4 heteroatoms. The maximum atomic E-state index is 11.0. The molecule has 1 aliphatic rings. The summed E-state index contributed by atoms with van der Waals surface area (Å²) in [5.41, 5.74) is -0.122. The van der Waals surface area contributed by atoms with Gasteiger partial charge in [0.15, 0.2) is 0 Å². The number of ether oxygens (including phenoxy) is 2. The molecule has 1 aromatic rings. The number of H-pyrrole nitrogens is 1. The van der Waals surface area contributed by atoms with E-state index in [1.807, 2.05) is 0 Å². The van der Waals surface area contributed by atoms with Crippen LogP contribution >= 0.6 is 0 Å². The topological polar surface area (TPSA) is 51.3 Å². The first kappa shape index (κ1) is 11.2. The molecule has 1 saturated heterocycles. The molecular weight excluding hydrogens is 206 g/mol. The predicted octanol–water partition coefficient (Wildman–Crippen LogP) is 1.57. The Morgan fingerprint density at radius 3 is 3.00 bits per heavy atom. The molecule has 0 unspecified atom stereocenters. The Balaban J connectivity index is 1.73. The average molecular weight is 223 g/mol. The minimum Gasteiger partial charge on any atom is -0.493 e. The van der Waals surface area contributed by atoms with Crippen molar-refractivity contribution in [3.8, 4) is 5.75 Å². The molecule has 4 nitrogen and oxygen atoms in total. The molecule has 1 N–H and O–H groups in total. The standard InChI is InChI=1S/C12H17NO3/c14-12-9-11(1-5-13-12)16-8-4-10-2-6-15-7-3-10/h1,5,9-10H,2-4,6-8H2,(H,13,14). The number of pyridine rings is 1. The minimum atomic E-state index is -0.122. The van der Waals surface area contributed by atoms with Crippen LogP contribution in [0, 0.1) is 5.92 Å². The van der Waals surface area contributed by atoms with Crippen LogP contribution in [0.4, 0.5) is 0 Å². The summed E-state index contributed by atoms with van der Waals surface area (Å²) in [5.74, 6) is 1.35. The molecule has 1 aromatic heterocycles. The molecule has 2 heterocycles. The van der Waals surface area contributed by atoms with Crippen LogP contribution < -0.4 is 10.3 Å². The van der Waals surface area contributed by atoms with Gasteiger partial charge in [-0.05, 0) is 31.2 Å². The monoisotopic (exact) mass is 223 g/mol. The molecule has 0 saturated carbocycles. The largest absolute Gasteiger partial charge is 0.493 e. The van der Waals surface area contributed by atoms with E-state index < -0.39 is 0 Å². The van der Waals surface area contributed by atoms with Crippen molar-refractivity contribution < 1.29 is 9.47 Å². The third kappa shape index (κ3) is 3.38. The Hall–Kier alpha value is -1.29. The van der Waals surface area contributed by atoms with Crippen molar-refractivity contribution in [3.63, 3.8) is 0 Å². The highest BCUT2D eigenvalue weighted by Gasteiger charge is 2.13. The first-order chi connectivity index (χ1) is 7.84. The number of nitrogens with one attached hydrogen (secondary N) is 1. The van der Waals surface area contributed by atoms with Gasteiger partial charge in [0.05, 0.1) is 6.61 Å². The molecule has 0 aliphatic carbocycles. The van der Waals surface area contributed by atoms with Crippen LogP contribution in [0.2, 0.25) is 0 Å². The first-order valence-corrected chi connectivity index (χ1v) is 5.74. The van der Waals surface area contributed by atoms with Gasteiger partial charge in [0.25, 0.3) is 5.56 Å². The van der Waals surface area contributed by atoms with E-state index >= 15 is 0 Å². The molecule has 0 amide bonds. The van der Waals surface area contributed by atoms with Crippen molar-refractivity contribution in [2.45, 2.75) is 19.3 Å². The van der Waals surface area contributed by atoms with Crippen LogP contribution in [0.1, 0.15) is 19.3 Å². The minimum absolute atomic E-state index is 0.122. The molecule has 0 atom stereocenters. The number of hydrogen-bond donors (Lipinski definition) is 1. The van der Waals surface area contributed by atoms with Gasteiger partial charge in [0.1, 0.15) is 5.75 Å². The predicted molar refractivity (Wildman–Crippen MR) is 60.7 cm³/mol. The Morgan fingerprint density at radius 1 is 1.44 bits per heavy atom. The van der Waals surface area contributed by atoms with E-state index in [1.54, 1.807) is 12.3 Å². The van der Waals surface area contributed by atoms with E-state index in [0.717, 1.165) is 32.5 Å². The molecule has 1 fully saturated rings. The fourth-order valence-electron chi connectivity index (χ4n) is 1.89. The van der Waals surface area contributed by atoms with Gasteiger partial charge in [-0.15, -0.1) is 0 Å². The molecular formula is C12H17NO3. The van der Waals surface area contributed by atoms with Gasteiger partial charge in [0.2, 0.25) is 0 Å². The summed E-state index contributed by atoms with van der Waals surface area (Å²) in [4.78, 5) is 13.6. The van der Waals surface area contributed by atoms with Crippen LogP contribution in [0.25, 0.3) is 0 Å². The summed E-state index contributed by atoms with van der Waals surface area (Å²) in [7, 11) is 0. The Morgan fingerprint density at radius 2 is 2.25 bits per heavy atom. The van der Waals surface area contributed by atoms with Gasteiger partial charge in [0, 0.05) is 25.5 Å². The van der Waals surface area contributed by atoms with Crippen molar-refractivity contribution in [1.29, 1.82) is 0 Å². The van der Waals surface area contributed by atoms with Gasteiger partial charge in [-0.3, -0.25) is 4.79 Å². The van der Waals surface area contributed by atoms with E-state index in [1.165, 1.54) is 6.07 Å². The lowest BCUT2D eigenvalue weighted by atomic mass is 9.97. The Bertz CT molecular complexity index is 369. The molecule has 0 aromatic carbocycles. The van der Waals surface area contributed by atoms with Gasteiger partial charge < -0.3 is 14.5 Å². The molecule has 0 radical (unpaired) electrons. The van der Waals surface area contributed by atoms with Gasteiger partial charge in [-0.1, -0.05) is 0 Å². The zero-order chi connectivity index (χ0) is 11.2. The summed E-state index contributed by atoms with van der Waals surface area (Å²) in [6, 6.07) is 3.25. The summed E-state index contributed by atoms with van der Waals surface area (Å²) in [6.07, 6.45) is 4.89. The SMILES string of the molecule is O=c1cc(OCCC2CCOCC2)cc[nH]1. The van der Waals surface area contributed by atoms with E-state index in [4.69, 9.17) is 9.47 Å². The highest BCUT2D eigenvalue weighted by atomic mass is 16.5. The van der Waals surface area contributed by atoms with E-state index in [9.17, 15) is 4.79 Å². The first-order valence-electron chi connectivity index (χ1n) is 5.74. The highest BCUT2D eigenvalue weighted by Crippen LogP contribution is 2.18. The van der Waals surface area contributed by atoms with E-state index in [-0.39, 0.29) is 5.56 Å². The molecule has 2 rings (SSSR count). The van der Waals surface area contributed by atoms with Crippen LogP contribution in [-0.4, -0.2) is 24.8 Å². The smallest absolute Gasteiger partial charge is 0.251 e. The van der Waals surface area contributed by atoms with E-state index in [0.29, 0.717) is 18.3 Å². The lowest BCUT2D eigenvalue weighted by Gasteiger charge is -2.21. The van der Waals surface area contributed by atoms with Crippen molar-refractivity contribution in [3.05, 3.63) is 28.7 Å². The Kier molecular flexibility index (Phi) is 3.99. The van der Waals surface area contributed by atoms with Crippen molar-refractivity contribution in [1.82, 2.24) is 4.98 Å².